The molecule has 3 N–H and O–H groups in total. The molecule has 6 aromatic carbocycles. The van der Waals surface area contributed by atoms with E-state index in [-0.39, 0.29) is 24.2 Å². The second-order valence-corrected chi connectivity index (χ2v) is 20.1. The number of aromatic amines is 1. The Morgan fingerprint density at radius 1 is 0.548 bits per heavy atom. The molecule has 2 aliphatic heterocycles. The standard InChI is InChI=1S/C30H34N4O2S.C30H34N4O2/c35-30(36)33-19-17-26(34-28-16-8-7-15-27(28)31-29(34)37)20-25(33)14-9-18-32(21-23-10-3-1-4-11-23)22-24-12-5-2-6-13-24;35-30(36)33-19-17-27(34-23-31-28-15-7-8-16-29(28)34)20-26(33)14-9-18-32(21-24-10-3-1-4-11-24)22-25-12-5-2-6-13-25/h1-8,10-13,15-16,25-26H,9,14,17-22H2,(H,31,37)(H,35,36);1-8,10-13,15-16,23,26-27H,9,14,17-22H2,(H,35,36)/t25?,26-;26-,27?/m00/s1. The summed E-state index contributed by atoms with van der Waals surface area (Å²) < 4.78 is 5.16. The number of hydrogen-bond acceptors (Lipinski definition) is 6. The van der Waals surface area contributed by atoms with E-state index in [9.17, 15) is 19.8 Å². The van der Waals surface area contributed by atoms with Gasteiger partial charge in [0.15, 0.2) is 4.77 Å². The predicted molar refractivity (Wildman–Crippen MR) is 293 cm³/mol. The van der Waals surface area contributed by atoms with Crippen molar-refractivity contribution in [2.45, 2.75) is 102 Å². The number of carbonyl (C=O) groups is 2. The first-order chi connectivity index (χ1) is 35.8. The first-order valence-corrected chi connectivity index (χ1v) is 26.4. The second kappa shape index (κ2) is 25.1. The number of piperidine rings is 2. The van der Waals surface area contributed by atoms with Gasteiger partial charge in [0.25, 0.3) is 0 Å². The number of carboxylic acid groups (broad SMARTS) is 2. The van der Waals surface area contributed by atoms with Gasteiger partial charge in [-0.1, -0.05) is 146 Å². The zero-order valence-corrected chi connectivity index (χ0v) is 42.4. The van der Waals surface area contributed by atoms with Gasteiger partial charge in [0, 0.05) is 63.4 Å². The predicted octanol–water partition coefficient (Wildman–Crippen LogP) is 13.1. The fraction of sp³-hybridized carbons (Fsp3) is 0.333. The van der Waals surface area contributed by atoms with E-state index in [4.69, 9.17) is 12.2 Å². The molecule has 0 radical (unpaired) electrons. The molecule has 4 heterocycles. The molecular formula is C60H68N8O4S. The Morgan fingerprint density at radius 2 is 0.959 bits per heavy atom. The Hall–Kier alpha value is -7.06. The minimum atomic E-state index is -0.823. The van der Waals surface area contributed by atoms with Gasteiger partial charge in [-0.25, -0.2) is 14.6 Å². The number of fused-ring (bicyclic) bond motifs is 2. The van der Waals surface area contributed by atoms with Crippen LogP contribution in [0.25, 0.3) is 22.1 Å². The van der Waals surface area contributed by atoms with Crippen LogP contribution in [0.15, 0.2) is 176 Å². The molecule has 0 spiro atoms. The molecule has 8 aromatic rings. The van der Waals surface area contributed by atoms with Crippen molar-refractivity contribution >= 4 is 46.5 Å². The zero-order chi connectivity index (χ0) is 50.4. The number of H-pyrrole nitrogens is 1. The minimum absolute atomic E-state index is 0.0118. The summed E-state index contributed by atoms with van der Waals surface area (Å²) in [5.74, 6) is 0. The van der Waals surface area contributed by atoms with Gasteiger partial charge in [-0.2, -0.15) is 0 Å². The maximum absolute atomic E-state index is 12.1. The molecule has 2 saturated heterocycles. The van der Waals surface area contributed by atoms with Crippen molar-refractivity contribution in [2.24, 2.45) is 0 Å². The fourth-order valence-electron chi connectivity index (χ4n) is 11.2. The maximum atomic E-state index is 12.1. The number of amides is 2. The fourth-order valence-corrected chi connectivity index (χ4v) is 11.6. The van der Waals surface area contributed by atoms with Crippen LogP contribution in [0, 0.1) is 4.77 Å². The lowest BCUT2D eigenvalue weighted by atomic mass is 9.93. The van der Waals surface area contributed by atoms with Gasteiger partial charge >= 0.3 is 12.2 Å². The molecule has 4 atom stereocenters. The smallest absolute Gasteiger partial charge is 0.407 e. The van der Waals surface area contributed by atoms with Crippen LogP contribution in [0.2, 0.25) is 0 Å². The summed E-state index contributed by atoms with van der Waals surface area (Å²) in [5.41, 5.74) is 9.41. The number of aromatic nitrogens is 4. The van der Waals surface area contributed by atoms with Crippen molar-refractivity contribution in [3.63, 3.8) is 0 Å². The van der Waals surface area contributed by atoms with Crippen molar-refractivity contribution in [3.05, 3.63) is 203 Å². The van der Waals surface area contributed by atoms with Crippen molar-refractivity contribution < 1.29 is 19.8 Å². The average molecular weight is 997 g/mol. The first kappa shape index (κ1) is 50.9. The van der Waals surface area contributed by atoms with E-state index in [0.717, 1.165) is 113 Å². The van der Waals surface area contributed by atoms with E-state index in [1.54, 1.807) is 9.80 Å². The number of nitrogens with one attached hydrogen (secondary N) is 1. The van der Waals surface area contributed by atoms with Crippen LogP contribution < -0.4 is 0 Å². The summed E-state index contributed by atoms with van der Waals surface area (Å²) in [4.78, 5) is 40.3. The van der Waals surface area contributed by atoms with Crippen LogP contribution in [-0.4, -0.2) is 99.4 Å². The molecule has 2 amide bonds. The van der Waals surface area contributed by atoms with Crippen LogP contribution in [0.1, 0.15) is 85.7 Å². The Labute approximate surface area is 434 Å². The lowest BCUT2D eigenvalue weighted by Gasteiger charge is -2.39. The molecule has 0 bridgehead atoms. The van der Waals surface area contributed by atoms with E-state index in [1.165, 1.54) is 22.3 Å². The third kappa shape index (κ3) is 13.5. The third-order valence-electron chi connectivity index (χ3n) is 14.8. The highest BCUT2D eigenvalue weighted by Crippen LogP contribution is 2.34. The molecule has 73 heavy (non-hydrogen) atoms. The number of hydrogen-bond donors (Lipinski definition) is 3. The van der Waals surface area contributed by atoms with Crippen LogP contribution >= 0.6 is 12.2 Å². The summed E-state index contributed by atoms with van der Waals surface area (Å²) >= 11 is 5.67. The molecule has 10 rings (SSSR count). The van der Waals surface area contributed by atoms with Crippen LogP contribution in [0.5, 0.6) is 0 Å². The van der Waals surface area contributed by atoms with Crippen molar-refractivity contribution in [2.75, 3.05) is 26.2 Å². The molecule has 13 heteroatoms. The van der Waals surface area contributed by atoms with Crippen LogP contribution in [0.4, 0.5) is 9.59 Å². The largest absolute Gasteiger partial charge is 0.465 e. The number of nitrogens with zero attached hydrogens (tertiary/aromatic N) is 7. The zero-order valence-electron chi connectivity index (χ0n) is 41.6. The summed E-state index contributed by atoms with van der Waals surface area (Å²) in [6, 6.07) is 59.0. The van der Waals surface area contributed by atoms with Crippen molar-refractivity contribution in [3.8, 4) is 0 Å². The lowest BCUT2D eigenvalue weighted by molar-refractivity contribution is 0.0849. The highest BCUT2D eigenvalue weighted by molar-refractivity contribution is 7.71. The van der Waals surface area contributed by atoms with Crippen molar-refractivity contribution in [1.82, 2.24) is 38.7 Å². The number of benzene rings is 6. The summed E-state index contributed by atoms with van der Waals surface area (Å²) in [5, 5.41) is 19.8. The SMILES string of the molecule is O=C(O)N1CCC(n2cnc3ccccc32)C[C@@H]1CCCN(Cc1ccccc1)Cc1ccccc1.O=C(O)N1CC[C@H](n2c(=S)[nH]c3ccccc32)CC1CCCN(Cc1ccccc1)Cc1ccccc1. The highest BCUT2D eigenvalue weighted by atomic mass is 32.1. The molecule has 2 aromatic heterocycles. The molecule has 2 aliphatic rings. The van der Waals surface area contributed by atoms with Gasteiger partial charge in [0.05, 0.1) is 28.4 Å². The Bertz CT molecular complexity index is 2960. The molecule has 0 saturated carbocycles. The number of imidazole rings is 2. The van der Waals surface area contributed by atoms with Gasteiger partial charge in [0.1, 0.15) is 0 Å². The topological polar surface area (TPSA) is 126 Å². The molecule has 2 unspecified atom stereocenters. The monoisotopic (exact) mass is 997 g/mol. The summed E-state index contributed by atoms with van der Waals surface area (Å²) in [7, 11) is 0. The van der Waals surface area contributed by atoms with Gasteiger partial charge in [-0.15, -0.1) is 0 Å². The summed E-state index contributed by atoms with van der Waals surface area (Å²) in [6.07, 6.45) is 7.05. The quantitative estimate of drug-likeness (QED) is 0.0726. The minimum Gasteiger partial charge on any atom is -0.465 e. The molecule has 12 nitrogen and oxygen atoms in total. The van der Waals surface area contributed by atoms with E-state index in [0.29, 0.717) is 17.9 Å². The normalized spacial score (nSPS) is 18.0. The maximum Gasteiger partial charge on any atom is 0.407 e. The van der Waals surface area contributed by atoms with E-state index >= 15 is 0 Å². The number of rotatable bonds is 18. The Kier molecular flexibility index (Phi) is 17.5. The molecular weight excluding hydrogens is 929 g/mol. The lowest BCUT2D eigenvalue weighted by Crippen LogP contribution is -2.46. The van der Waals surface area contributed by atoms with E-state index < -0.39 is 12.2 Å². The third-order valence-corrected chi connectivity index (χ3v) is 15.0. The first-order valence-electron chi connectivity index (χ1n) is 26.0. The Morgan fingerprint density at radius 3 is 1.44 bits per heavy atom. The highest BCUT2D eigenvalue weighted by Gasteiger charge is 2.34. The molecule has 2 fully saturated rings. The second-order valence-electron chi connectivity index (χ2n) is 19.7. The van der Waals surface area contributed by atoms with Crippen LogP contribution in [0.3, 0.4) is 0 Å². The van der Waals surface area contributed by atoms with Crippen LogP contribution in [-0.2, 0) is 26.2 Å². The van der Waals surface area contributed by atoms with Crippen molar-refractivity contribution in [1.29, 1.82) is 0 Å². The van der Waals surface area contributed by atoms with E-state index in [1.807, 2.05) is 54.9 Å². The van der Waals surface area contributed by atoms with E-state index in [2.05, 4.69) is 150 Å². The summed E-state index contributed by atoms with van der Waals surface area (Å²) in [6.45, 7) is 6.43. The van der Waals surface area contributed by atoms with Gasteiger partial charge < -0.3 is 34.1 Å². The molecule has 378 valence electrons. The van der Waals surface area contributed by atoms with Gasteiger partial charge in [-0.3, -0.25) is 9.80 Å². The number of para-hydroxylation sites is 4. The van der Waals surface area contributed by atoms with Gasteiger partial charge in [-0.05, 0) is 123 Å². The molecule has 0 aliphatic carbocycles. The van der Waals surface area contributed by atoms with Gasteiger partial charge in [0.2, 0.25) is 0 Å². The Balaban J connectivity index is 0.000000180. The number of likely N-dealkylation sites (tertiary alicyclic amines) is 2. The average Bonchev–Trinajstić information content (AvgIpc) is 4.00.